The monoisotopic (exact) mass is 309 g/mol. The molecule has 0 aromatic heterocycles. The smallest absolute Gasteiger partial charge is 0.123 e. The van der Waals surface area contributed by atoms with E-state index in [1.165, 1.54) is 17.7 Å². The van der Waals surface area contributed by atoms with E-state index in [2.05, 4.69) is 5.32 Å². The number of hydrogen-bond donors (Lipinski definition) is 1. The van der Waals surface area contributed by atoms with Crippen molar-refractivity contribution >= 4 is 23.2 Å². The van der Waals surface area contributed by atoms with E-state index in [0.29, 0.717) is 5.02 Å². The summed E-state index contributed by atoms with van der Waals surface area (Å²) in [6.07, 6.45) is 0.720. The Kier molecular flexibility index (Phi) is 3.72. The Morgan fingerprint density at radius 2 is 1.75 bits per heavy atom. The summed E-state index contributed by atoms with van der Waals surface area (Å²) in [6.45, 7) is 1.73. The van der Waals surface area contributed by atoms with Gasteiger partial charge in [0.25, 0.3) is 0 Å². The molecule has 0 aliphatic carbocycles. The Hall–Kier alpha value is -1.09. The van der Waals surface area contributed by atoms with Gasteiger partial charge in [-0.25, -0.2) is 4.39 Å². The summed E-state index contributed by atoms with van der Waals surface area (Å²) in [5.41, 5.74) is 2.03. The van der Waals surface area contributed by atoms with E-state index in [9.17, 15) is 4.39 Å². The van der Waals surface area contributed by atoms with E-state index in [0.717, 1.165) is 30.1 Å². The molecular weight excluding hydrogens is 296 g/mol. The van der Waals surface area contributed by atoms with E-state index in [1.54, 1.807) is 6.07 Å². The van der Waals surface area contributed by atoms with Gasteiger partial charge in [-0.1, -0.05) is 35.3 Å². The topological polar surface area (TPSA) is 12.0 Å². The van der Waals surface area contributed by atoms with Crippen LogP contribution in [0.15, 0.2) is 42.5 Å². The van der Waals surface area contributed by atoms with Crippen LogP contribution in [0.5, 0.6) is 0 Å². The summed E-state index contributed by atoms with van der Waals surface area (Å²) in [6, 6.07) is 12.4. The molecule has 0 saturated carbocycles. The van der Waals surface area contributed by atoms with Gasteiger partial charge in [-0.15, -0.1) is 0 Å². The zero-order valence-corrected chi connectivity index (χ0v) is 12.3. The van der Waals surface area contributed by atoms with Crippen LogP contribution in [0.25, 0.3) is 0 Å². The molecule has 104 valence electrons. The summed E-state index contributed by atoms with van der Waals surface area (Å²) < 4.78 is 13.4. The Balaban J connectivity index is 1.93. The van der Waals surface area contributed by atoms with Crippen molar-refractivity contribution in [3.63, 3.8) is 0 Å². The Morgan fingerprint density at radius 1 is 1.05 bits per heavy atom. The van der Waals surface area contributed by atoms with Crippen molar-refractivity contribution in [1.29, 1.82) is 0 Å². The molecule has 1 saturated heterocycles. The van der Waals surface area contributed by atoms with Crippen molar-refractivity contribution in [1.82, 2.24) is 5.32 Å². The minimum absolute atomic E-state index is 0.0258. The van der Waals surface area contributed by atoms with E-state index >= 15 is 0 Å². The standard InChI is InChI=1S/C16H14Cl2FN/c17-13-3-1-12(2-4-13)16(9-20-10-16)8-11-7-14(19)5-6-15(11)18/h1-7,20H,8-10H2. The first-order valence-electron chi connectivity index (χ1n) is 6.50. The lowest BCUT2D eigenvalue weighted by Crippen LogP contribution is -2.58. The summed E-state index contributed by atoms with van der Waals surface area (Å²) in [4.78, 5) is 0. The van der Waals surface area contributed by atoms with Gasteiger partial charge in [0.1, 0.15) is 5.82 Å². The highest BCUT2D eigenvalue weighted by atomic mass is 35.5. The molecule has 1 aliphatic heterocycles. The fourth-order valence-electron chi connectivity index (χ4n) is 2.70. The van der Waals surface area contributed by atoms with E-state index < -0.39 is 0 Å². The molecule has 1 N–H and O–H groups in total. The average Bonchev–Trinajstić information content (AvgIpc) is 2.39. The van der Waals surface area contributed by atoms with Crippen molar-refractivity contribution in [2.75, 3.05) is 13.1 Å². The first-order valence-corrected chi connectivity index (χ1v) is 7.25. The lowest BCUT2D eigenvalue weighted by atomic mass is 9.71. The van der Waals surface area contributed by atoms with Crippen LogP contribution < -0.4 is 5.32 Å². The first kappa shape index (κ1) is 13.9. The molecule has 0 atom stereocenters. The molecule has 1 fully saturated rings. The van der Waals surface area contributed by atoms with Gasteiger partial charge in [0.2, 0.25) is 0 Å². The van der Waals surface area contributed by atoms with Crippen LogP contribution in [0.3, 0.4) is 0 Å². The first-order chi connectivity index (χ1) is 9.59. The van der Waals surface area contributed by atoms with Gasteiger partial charge >= 0.3 is 0 Å². The van der Waals surface area contributed by atoms with Crippen molar-refractivity contribution in [2.24, 2.45) is 0 Å². The van der Waals surface area contributed by atoms with Crippen LogP contribution in [-0.2, 0) is 11.8 Å². The molecule has 0 unspecified atom stereocenters. The molecule has 0 amide bonds. The molecule has 20 heavy (non-hydrogen) atoms. The number of hydrogen-bond acceptors (Lipinski definition) is 1. The molecule has 1 nitrogen and oxygen atoms in total. The zero-order chi connectivity index (χ0) is 14.2. The zero-order valence-electron chi connectivity index (χ0n) is 10.8. The maximum Gasteiger partial charge on any atom is 0.123 e. The van der Waals surface area contributed by atoms with Crippen LogP contribution in [0.1, 0.15) is 11.1 Å². The predicted molar refractivity (Wildman–Crippen MR) is 81.1 cm³/mol. The normalized spacial score (nSPS) is 16.8. The van der Waals surface area contributed by atoms with Crippen molar-refractivity contribution in [2.45, 2.75) is 11.8 Å². The maximum absolute atomic E-state index is 13.4. The van der Waals surface area contributed by atoms with Crippen molar-refractivity contribution in [3.8, 4) is 0 Å². The van der Waals surface area contributed by atoms with Gasteiger partial charge in [0, 0.05) is 28.5 Å². The second-order valence-corrected chi connectivity index (χ2v) is 6.15. The Morgan fingerprint density at radius 3 is 2.35 bits per heavy atom. The molecule has 0 bridgehead atoms. The number of nitrogens with one attached hydrogen (secondary N) is 1. The van der Waals surface area contributed by atoms with Crippen LogP contribution in [0.4, 0.5) is 4.39 Å². The van der Waals surface area contributed by atoms with Gasteiger partial charge < -0.3 is 5.32 Å². The van der Waals surface area contributed by atoms with Crippen molar-refractivity contribution < 1.29 is 4.39 Å². The van der Waals surface area contributed by atoms with Crippen LogP contribution >= 0.6 is 23.2 Å². The molecule has 1 aliphatic rings. The molecule has 0 spiro atoms. The highest BCUT2D eigenvalue weighted by Crippen LogP contribution is 2.35. The van der Waals surface area contributed by atoms with Crippen molar-refractivity contribution in [3.05, 3.63) is 69.5 Å². The highest BCUT2D eigenvalue weighted by Gasteiger charge is 2.39. The summed E-state index contributed by atoms with van der Waals surface area (Å²) in [5, 5.41) is 4.64. The van der Waals surface area contributed by atoms with Gasteiger partial charge in [0.05, 0.1) is 0 Å². The second kappa shape index (κ2) is 5.36. The van der Waals surface area contributed by atoms with Crippen LogP contribution in [0.2, 0.25) is 10.0 Å². The SMILES string of the molecule is Fc1ccc(Cl)c(CC2(c3ccc(Cl)cc3)CNC2)c1. The van der Waals surface area contributed by atoms with Crippen LogP contribution in [-0.4, -0.2) is 13.1 Å². The van der Waals surface area contributed by atoms with Gasteiger partial charge in [-0.3, -0.25) is 0 Å². The summed E-state index contributed by atoms with van der Waals surface area (Å²) in [7, 11) is 0. The Bertz CT molecular complexity index is 621. The molecule has 2 aromatic carbocycles. The lowest BCUT2D eigenvalue weighted by Gasteiger charge is -2.43. The minimum Gasteiger partial charge on any atom is -0.315 e. The summed E-state index contributed by atoms with van der Waals surface area (Å²) >= 11 is 12.1. The van der Waals surface area contributed by atoms with Gasteiger partial charge in [0.15, 0.2) is 0 Å². The van der Waals surface area contributed by atoms with E-state index in [4.69, 9.17) is 23.2 Å². The molecule has 0 radical (unpaired) electrons. The molecular formula is C16H14Cl2FN. The molecule has 3 rings (SSSR count). The molecule has 4 heteroatoms. The van der Waals surface area contributed by atoms with Gasteiger partial charge in [-0.2, -0.15) is 0 Å². The maximum atomic E-state index is 13.4. The average molecular weight is 310 g/mol. The molecule has 1 heterocycles. The third-order valence-corrected chi connectivity index (χ3v) is 4.54. The van der Waals surface area contributed by atoms with E-state index in [-0.39, 0.29) is 11.2 Å². The lowest BCUT2D eigenvalue weighted by molar-refractivity contribution is 0.274. The third kappa shape index (κ3) is 2.56. The highest BCUT2D eigenvalue weighted by molar-refractivity contribution is 6.31. The third-order valence-electron chi connectivity index (χ3n) is 3.92. The number of rotatable bonds is 3. The predicted octanol–water partition coefficient (Wildman–Crippen LogP) is 4.22. The number of halogens is 3. The number of benzene rings is 2. The fraction of sp³-hybridized carbons (Fsp3) is 0.250. The van der Waals surface area contributed by atoms with Gasteiger partial charge in [-0.05, 0) is 47.9 Å². The second-order valence-electron chi connectivity index (χ2n) is 5.30. The van der Waals surface area contributed by atoms with E-state index in [1.807, 2.05) is 24.3 Å². The van der Waals surface area contributed by atoms with Crippen LogP contribution in [0, 0.1) is 5.82 Å². The summed E-state index contributed by atoms with van der Waals surface area (Å²) in [5.74, 6) is -0.247. The largest absolute Gasteiger partial charge is 0.315 e. The minimum atomic E-state index is -0.247. The molecule has 2 aromatic rings. The quantitative estimate of drug-likeness (QED) is 0.895. The fourth-order valence-corrected chi connectivity index (χ4v) is 3.02. The Labute approximate surface area is 127 Å².